The number of hydrogen-bond acceptors (Lipinski definition) is 2. The van der Waals surface area contributed by atoms with Crippen molar-refractivity contribution < 1.29 is 0 Å². The molecular weight excluding hydrogens is 412 g/mol. The van der Waals surface area contributed by atoms with Crippen molar-refractivity contribution in [1.82, 2.24) is 9.97 Å². The highest BCUT2D eigenvalue weighted by molar-refractivity contribution is 5.95. The summed E-state index contributed by atoms with van der Waals surface area (Å²) in [5.74, 6) is 0. The van der Waals surface area contributed by atoms with Crippen LogP contribution in [0.3, 0.4) is 0 Å². The third-order valence-corrected chi connectivity index (χ3v) is 5.65. The van der Waals surface area contributed by atoms with E-state index < -0.39 is 0 Å². The van der Waals surface area contributed by atoms with E-state index >= 15 is 0 Å². The fourth-order valence-corrected chi connectivity index (χ4v) is 3.97. The summed E-state index contributed by atoms with van der Waals surface area (Å²) in [6.45, 7) is 0. The van der Waals surface area contributed by atoms with Crippen molar-refractivity contribution in [1.29, 1.82) is 0 Å². The summed E-state index contributed by atoms with van der Waals surface area (Å²) < 4.78 is 0. The maximum atomic E-state index is 4.64. The van der Waals surface area contributed by atoms with Crippen LogP contribution >= 0.6 is 0 Å². The molecule has 34 heavy (non-hydrogen) atoms. The number of pyridine rings is 2. The van der Waals surface area contributed by atoms with Crippen LogP contribution in [0.4, 0.5) is 0 Å². The quantitative estimate of drug-likeness (QED) is 0.255. The molecule has 3 aromatic carbocycles. The summed E-state index contributed by atoms with van der Waals surface area (Å²) >= 11 is 0. The third kappa shape index (κ3) is 4.92. The van der Waals surface area contributed by atoms with E-state index in [2.05, 4.69) is 107 Å². The average molecular weight is 437 g/mol. The molecule has 0 aliphatic rings. The third-order valence-electron chi connectivity index (χ3n) is 5.65. The molecule has 0 N–H and O–H groups in total. The maximum absolute atomic E-state index is 4.64. The molecule has 0 saturated heterocycles. The minimum atomic E-state index is 0.945. The summed E-state index contributed by atoms with van der Waals surface area (Å²) in [5.41, 5.74) is 8.57. The SMILES string of the molecule is C(=C(c1ccccc1)c1ccccn1)c1ccccc1C=C(c1ccccc1)c1ccccn1. The number of aromatic nitrogens is 2. The van der Waals surface area contributed by atoms with E-state index in [1.54, 1.807) is 0 Å². The molecule has 2 heterocycles. The van der Waals surface area contributed by atoms with Gasteiger partial charge < -0.3 is 0 Å². The summed E-state index contributed by atoms with van der Waals surface area (Å²) in [4.78, 5) is 9.29. The van der Waals surface area contributed by atoms with Gasteiger partial charge in [0.15, 0.2) is 0 Å². The molecule has 0 atom stereocenters. The van der Waals surface area contributed by atoms with E-state index in [0.29, 0.717) is 0 Å². The second kappa shape index (κ2) is 10.4. The van der Waals surface area contributed by atoms with Gasteiger partial charge in [0.05, 0.1) is 11.4 Å². The second-order valence-corrected chi connectivity index (χ2v) is 7.91. The van der Waals surface area contributed by atoms with Crippen molar-refractivity contribution in [3.8, 4) is 0 Å². The number of rotatable bonds is 6. The van der Waals surface area contributed by atoms with Crippen LogP contribution in [-0.2, 0) is 0 Å². The monoisotopic (exact) mass is 436 g/mol. The van der Waals surface area contributed by atoms with Crippen LogP contribution in [0.5, 0.6) is 0 Å². The molecule has 0 amide bonds. The van der Waals surface area contributed by atoms with Gasteiger partial charge in [-0.25, -0.2) is 0 Å². The number of nitrogens with zero attached hydrogens (tertiary/aromatic N) is 2. The Balaban J connectivity index is 1.68. The molecule has 5 aromatic rings. The van der Waals surface area contributed by atoms with Gasteiger partial charge in [-0.3, -0.25) is 9.97 Å². The van der Waals surface area contributed by atoms with Crippen LogP contribution in [0.15, 0.2) is 134 Å². The van der Waals surface area contributed by atoms with Gasteiger partial charge in [-0.1, -0.05) is 97.1 Å². The van der Waals surface area contributed by atoms with Crippen LogP contribution in [0.1, 0.15) is 33.6 Å². The van der Waals surface area contributed by atoms with Crippen LogP contribution in [0.25, 0.3) is 23.3 Å². The van der Waals surface area contributed by atoms with Crippen molar-refractivity contribution in [2.75, 3.05) is 0 Å². The summed E-state index contributed by atoms with van der Waals surface area (Å²) in [6, 6.07) is 41.3. The summed E-state index contributed by atoms with van der Waals surface area (Å²) in [7, 11) is 0. The van der Waals surface area contributed by atoms with E-state index in [1.807, 2.05) is 48.8 Å². The van der Waals surface area contributed by atoms with Gasteiger partial charge >= 0.3 is 0 Å². The Kier molecular flexibility index (Phi) is 6.50. The van der Waals surface area contributed by atoms with Gasteiger partial charge in [0, 0.05) is 23.5 Å². The van der Waals surface area contributed by atoms with Crippen LogP contribution in [0.2, 0.25) is 0 Å². The first-order chi connectivity index (χ1) is 16.9. The molecule has 0 radical (unpaired) electrons. The molecule has 2 aromatic heterocycles. The predicted molar refractivity (Wildman–Crippen MR) is 142 cm³/mol. The van der Waals surface area contributed by atoms with Gasteiger partial charge in [-0.15, -0.1) is 0 Å². The fourth-order valence-electron chi connectivity index (χ4n) is 3.97. The second-order valence-electron chi connectivity index (χ2n) is 7.91. The zero-order chi connectivity index (χ0) is 23.0. The summed E-state index contributed by atoms with van der Waals surface area (Å²) in [5, 5.41) is 0. The normalized spacial score (nSPS) is 11.9. The molecular formula is C32H24N2. The van der Waals surface area contributed by atoms with Crippen LogP contribution in [0, 0.1) is 0 Å². The fraction of sp³-hybridized carbons (Fsp3) is 0. The Morgan fingerprint density at radius 2 is 0.794 bits per heavy atom. The first-order valence-electron chi connectivity index (χ1n) is 11.3. The lowest BCUT2D eigenvalue weighted by Crippen LogP contribution is -1.94. The largest absolute Gasteiger partial charge is 0.256 e. The van der Waals surface area contributed by atoms with Crippen molar-refractivity contribution in [2.45, 2.75) is 0 Å². The predicted octanol–water partition coefficient (Wildman–Crippen LogP) is 7.65. The zero-order valence-corrected chi connectivity index (χ0v) is 18.8. The maximum Gasteiger partial charge on any atom is 0.0708 e. The Labute approximate surface area is 200 Å². The van der Waals surface area contributed by atoms with Gasteiger partial charge in [-0.2, -0.15) is 0 Å². The molecule has 0 bridgehead atoms. The first kappa shape index (κ1) is 21.3. The minimum Gasteiger partial charge on any atom is -0.256 e. The molecule has 2 nitrogen and oxygen atoms in total. The molecule has 0 unspecified atom stereocenters. The molecule has 2 heteroatoms. The Morgan fingerprint density at radius 1 is 0.412 bits per heavy atom. The first-order valence-corrected chi connectivity index (χ1v) is 11.3. The van der Waals surface area contributed by atoms with Crippen LogP contribution < -0.4 is 0 Å². The molecule has 162 valence electrons. The van der Waals surface area contributed by atoms with Gasteiger partial charge in [0.25, 0.3) is 0 Å². The van der Waals surface area contributed by atoms with E-state index in [-0.39, 0.29) is 0 Å². The lowest BCUT2D eigenvalue weighted by molar-refractivity contribution is 1.27. The number of hydrogen-bond donors (Lipinski definition) is 0. The smallest absolute Gasteiger partial charge is 0.0708 e. The lowest BCUT2D eigenvalue weighted by atomic mass is 9.94. The molecule has 0 saturated carbocycles. The van der Waals surface area contributed by atoms with Crippen molar-refractivity contribution >= 4 is 23.3 Å². The molecule has 0 fully saturated rings. The zero-order valence-electron chi connectivity index (χ0n) is 18.8. The highest BCUT2D eigenvalue weighted by Gasteiger charge is 2.10. The molecule has 0 spiro atoms. The highest BCUT2D eigenvalue weighted by Crippen LogP contribution is 2.29. The highest BCUT2D eigenvalue weighted by atomic mass is 14.7. The van der Waals surface area contributed by atoms with E-state index in [4.69, 9.17) is 0 Å². The number of benzene rings is 3. The van der Waals surface area contributed by atoms with Crippen molar-refractivity contribution in [3.63, 3.8) is 0 Å². The molecule has 0 aliphatic heterocycles. The summed E-state index contributed by atoms with van der Waals surface area (Å²) in [6.07, 6.45) is 8.13. The Morgan fingerprint density at radius 3 is 1.18 bits per heavy atom. The van der Waals surface area contributed by atoms with E-state index in [0.717, 1.165) is 44.8 Å². The lowest BCUT2D eigenvalue weighted by Gasteiger charge is -2.11. The topological polar surface area (TPSA) is 25.8 Å². The Bertz CT molecular complexity index is 1210. The van der Waals surface area contributed by atoms with Crippen LogP contribution in [-0.4, -0.2) is 9.97 Å². The Hall–Kier alpha value is -4.56. The van der Waals surface area contributed by atoms with E-state index in [9.17, 15) is 0 Å². The minimum absolute atomic E-state index is 0.945. The van der Waals surface area contributed by atoms with Crippen molar-refractivity contribution in [2.24, 2.45) is 0 Å². The van der Waals surface area contributed by atoms with Gasteiger partial charge in [-0.05, 0) is 58.7 Å². The molecule has 5 rings (SSSR count). The van der Waals surface area contributed by atoms with Gasteiger partial charge in [0.2, 0.25) is 0 Å². The van der Waals surface area contributed by atoms with E-state index in [1.165, 1.54) is 0 Å². The van der Waals surface area contributed by atoms with Gasteiger partial charge in [0.1, 0.15) is 0 Å². The standard InChI is InChI=1S/C32H24N2/c1-3-13-25(14-4-1)29(31-19-9-11-21-33-31)23-27-17-7-8-18-28(27)24-30(26-15-5-2-6-16-26)32-20-10-12-22-34-32/h1-24H. The average Bonchev–Trinajstić information content (AvgIpc) is 2.93. The van der Waals surface area contributed by atoms with Crippen molar-refractivity contribution in [3.05, 3.63) is 167 Å². The molecule has 0 aliphatic carbocycles.